The standard InChI is InChI=1S/C27H29BrN2O3/c1-6-33-27(29-16-20(17-31)22-9-7-8-10-24(22)29)18(2)23(25(32)30(27)26(3,4)5)15-19-11-13-21(28)14-12-19/h7-14,16-17H,6,15H2,1-5H3. The topological polar surface area (TPSA) is 51.5 Å². The molecular weight excluding hydrogens is 480 g/mol. The van der Waals surface area contributed by atoms with Gasteiger partial charge in [-0.25, -0.2) is 0 Å². The van der Waals surface area contributed by atoms with Crippen LogP contribution in [0.3, 0.4) is 0 Å². The second kappa shape index (κ2) is 8.58. The number of aldehydes is 1. The number of amides is 1. The summed E-state index contributed by atoms with van der Waals surface area (Å²) >= 11 is 3.48. The van der Waals surface area contributed by atoms with Crippen LogP contribution >= 0.6 is 15.9 Å². The van der Waals surface area contributed by atoms with Crippen molar-refractivity contribution >= 4 is 39.0 Å². The molecule has 0 saturated carbocycles. The summed E-state index contributed by atoms with van der Waals surface area (Å²) in [4.78, 5) is 27.8. The molecule has 6 heteroatoms. The molecule has 33 heavy (non-hydrogen) atoms. The van der Waals surface area contributed by atoms with Gasteiger partial charge >= 0.3 is 0 Å². The zero-order valence-corrected chi connectivity index (χ0v) is 21.3. The summed E-state index contributed by atoms with van der Waals surface area (Å²) in [5.74, 6) is -1.22. The molecule has 0 aliphatic carbocycles. The van der Waals surface area contributed by atoms with Crippen LogP contribution in [-0.2, 0) is 21.8 Å². The number of hydrogen-bond donors (Lipinski definition) is 0. The van der Waals surface area contributed by atoms with Crippen molar-refractivity contribution in [2.75, 3.05) is 6.61 Å². The van der Waals surface area contributed by atoms with Crippen LogP contribution in [0.2, 0.25) is 0 Å². The van der Waals surface area contributed by atoms with Crippen LogP contribution in [0.5, 0.6) is 0 Å². The molecule has 3 aromatic rings. The van der Waals surface area contributed by atoms with E-state index in [2.05, 4.69) is 15.9 Å². The molecule has 1 aliphatic rings. The summed E-state index contributed by atoms with van der Waals surface area (Å²) in [7, 11) is 0. The number of rotatable bonds is 6. The molecule has 172 valence electrons. The van der Waals surface area contributed by atoms with E-state index in [1.54, 1.807) is 0 Å². The van der Waals surface area contributed by atoms with E-state index >= 15 is 0 Å². The van der Waals surface area contributed by atoms with Gasteiger partial charge in [0.2, 0.25) is 0 Å². The van der Waals surface area contributed by atoms with Crippen LogP contribution in [0.4, 0.5) is 0 Å². The Labute approximate surface area is 203 Å². The molecule has 2 aromatic carbocycles. The Hall–Kier alpha value is -2.70. The Bertz CT molecular complexity index is 1250. The van der Waals surface area contributed by atoms with Gasteiger partial charge in [-0.2, -0.15) is 0 Å². The van der Waals surface area contributed by atoms with E-state index in [-0.39, 0.29) is 5.91 Å². The molecule has 1 unspecified atom stereocenters. The lowest BCUT2D eigenvalue weighted by atomic mass is 10.0. The van der Waals surface area contributed by atoms with Crippen molar-refractivity contribution in [1.29, 1.82) is 0 Å². The minimum atomic E-state index is -1.17. The third-order valence-corrected chi connectivity index (χ3v) is 6.74. The zero-order chi connectivity index (χ0) is 24.0. The Morgan fingerprint density at radius 3 is 2.36 bits per heavy atom. The molecule has 4 rings (SSSR count). The molecule has 0 fully saturated rings. The monoisotopic (exact) mass is 508 g/mol. The summed E-state index contributed by atoms with van der Waals surface area (Å²) in [6.45, 7) is 10.3. The van der Waals surface area contributed by atoms with Crippen molar-refractivity contribution in [2.45, 2.75) is 52.4 Å². The predicted molar refractivity (Wildman–Crippen MR) is 134 cm³/mol. The highest BCUT2D eigenvalue weighted by atomic mass is 79.9. The lowest BCUT2D eigenvalue weighted by Gasteiger charge is -2.47. The predicted octanol–water partition coefficient (Wildman–Crippen LogP) is 6.06. The first-order chi connectivity index (χ1) is 15.6. The van der Waals surface area contributed by atoms with Gasteiger partial charge in [0, 0.05) is 51.3 Å². The van der Waals surface area contributed by atoms with Gasteiger partial charge in [-0.1, -0.05) is 46.3 Å². The summed E-state index contributed by atoms with van der Waals surface area (Å²) in [6.07, 6.45) is 3.17. The summed E-state index contributed by atoms with van der Waals surface area (Å²) < 4.78 is 9.49. The molecule has 2 heterocycles. The van der Waals surface area contributed by atoms with Crippen LogP contribution in [-0.4, -0.2) is 33.8 Å². The maximum Gasteiger partial charge on any atom is 0.254 e. The van der Waals surface area contributed by atoms with Gasteiger partial charge in [-0.15, -0.1) is 0 Å². The molecule has 1 aliphatic heterocycles. The molecule has 1 aromatic heterocycles. The average Bonchev–Trinajstić information content (AvgIpc) is 3.25. The number of nitrogens with zero attached hydrogens (tertiary/aromatic N) is 2. The second-order valence-electron chi connectivity index (χ2n) is 9.35. The average molecular weight is 509 g/mol. The molecule has 5 nitrogen and oxygen atoms in total. The van der Waals surface area contributed by atoms with Gasteiger partial charge in [-0.05, 0) is 58.4 Å². The van der Waals surface area contributed by atoms with Crippen LogP contribution < -0.4 is 0 Å². The maximum atomic E-state index is 14.0. The third-order valence-electron chi connectivity index (χ3n) is 6.21. The number of carbonyl (C=O) groups is 2. The van der Waals surface area contributed by atoms with Crippen molar-refractivity contribution in [3.63, 3.8) is 0 Å². The Morgan fingerprint density at radius 1 is 1.09 bits per heavy atom. The first-order valence-electron chi connectivity index (χ1n) is 11.1. The van der Waals surface area contributed by atoms with E-state index in [1.165, 1.54) is 0 Å². The van der Waals surface area contributed by atoms with Gasteiger partial charge in [0.1, 0.15) is 0 Å². The molecule has 0 N–H and O–H groups in total. The van der Waals surface area contributed by atoms with Gasteiger partial charge in [0.05, 0.1) is 5.52 Å². The number of carbonyl (C=O) groups excluding carboxylic acids is 2. The van der Waals surface area contributed by atoms with Gasteiger partial charge in [0.25, 0.3) is 11.8 Å². The van der Waals surface area contributed by atoms with Crippen molar-refractivity contribution in [3.05, 3.63) is 81.5 Å². The fraction of sp³-hybridized carbons (Fsp3) is 0.333. The molecule has 1 amide bonds. The maximum absolute atomic E-state index is 14.0. The minimum Gasteiger partial charge on any atom is -0.334 e. The van der Waals surface area contributed by atoms with E-state index in [4.69, 9.17) is 4.74 Å². The van der Waals surface area contributed by atoms with Gasteiger partial charge in [-0.3, -0.25) is 19.1 Å². The van der Waals surface area contributed by atoms with Crippen molar-refractivity contribution in [3.8, 4) is 0 Å². The van der Waals surface area contributed by atoms with Crippen molar-refractivity contribution < 1.29 is 14.3 Å². The highest BCUT2D eigenvalue weighted by Gasteiger charge is 2.56. The number of hydrogen-bond acceptors (Lipinski definition) is 3. The van der Waals surface area contributed by atoms with E-state index < -0.39 is 11.4 Å². The van der Waals surface area contributed by atoms with Crippen LogP contribution in [0.25, 0.3) is 10.9 Å². The second-order valence-corrected chi connectivity index (χ2v) is 10.3. The SMILES string of the molecule is CCOC1(n2cc(C=O)c3ccccc32)C(C)=C(Cc2ccc(Br)cc2)C(=O)N1C(C)(C)C. The van der Waals surface area contributed by atoms with E-state index in [1.807, 2.05) is 98.8 Å². The van der Waals surface area contributed by atoms with Crippen molar-refractivity contribution in [2.24, 2.45) is 0 Å². The number of ether oxygens (including phenoxy) is 1. The Kier molecular flexibility index (Phi) is 6.10. The van der Waals surface area contributed by atoms with Crippen LogP contribution in [0.1, 0.15) is 50.5 Å². The van der Waals surface area contributed by atoms with E-state index in [0.717, 1.165) is 32.8 Å². The summed E-state index contributed by atoms with van der Waals surface area (Å²) in [5.41, 5.74) is 3.48. The quantitative estimate of drug-likeness (QED) is 0.380. The smallest absolute Gasteiger partial charge is 0.254 e. The number of para-hydroxylation sites is 1. The molecular formula is C27H29BrN2O3. The van der Waals surface area contributed by atoms with E-state index in [9.17, 15) is 9.59 Å². The van der Waals surface area contributed by atoms with Crippen LogP contribution in [0, 0.1) is 0 Å². The third kappa shape index (κ3) is 3.75. The normalized spacial score (nSPS) is 19.1. The zero-order valence-electron chi connectivity index (χ0n) is 19.7. The number of aromatic nitrogens is 1. The van der Waals surface area contributed by atoms with Gasteiger partial charge < -0.3 is 4.74 Å². The first-order valence-corrected chi connectivity index (χ1v) is 11.9. The molecule has 0 spiro atoms. The molecule has 0 radical (unpaired) electrons. The molecule has 1 atom stereocenters. The number of fused-ring (bicyclic) bond motifs is 1. The highest BCUT2D eigenvalue weighted by molar-refractivity contribution is 9.10. The summed E-state index contributed by atoms with van der Waals surface area (Å²) in [6, 6.07) is 15.8. The minimum absolute atomic E-state index is 0.0539. The fourth-order valence-corrected chi connectivity index (χ4v) is 5.12. The van der Waals surface area contributed by atoms with Crippen LogP contribution in [0.15, 0.2) is 70.3 Å². The largest absolute Gasteiger partial charge is 0.334 e. The lowest BCUT2D eigenvalue weighted by molar-refractivity contribution is -0.203. The van der Waals surface area contributed by atoms with Crippen molar-refractivity contribution in [1.82, 2.24) is 9.47 Å². The van der Waals surface area contributed by atoms with Gasteiger partial charge in [0.15, 0.2) is 6.29 Å². The lowest BCUT2D eigenvalue weighted by Crippen LogP contribution is -2.59. The summed E-state index contributed by atoms with van der Waals surface area (Å²) in [5, 5.41) is 0.835. The Morgan fingerprint density at radius 2 is 1.76 bits per heavy atom. The number of halogens is 1. The molecule has 0 saturated heterocycles. The Balaban J connectivity index is 2.01. The molecule has 0 bridgehead atoms. The fourth-order valence-electron chi connectivity index (χ4n) is 4.85. The number of benzene rings is 2. The first kappa shape index (κ1) is 23.5. The highest BCUT2D eigenvalue weighted by Crippen LogP contribution is 2.47. The van der Waals surface area contributed by atoms with E-state index in [0.29, 0.717) is 24.2 Å².